The Morgan fingerprint density at radius 3 is 2.46 bits per heavy atom. The van der Waals surface area contributed by atoms with E-state index in [-0.39, 0.29) is 23.1 Å². The lowest BCUT2D eigenvalue weighted by atomic mass is 10.1. The first-order valence-electron chi connectivity index (χ1n) is 11.8. The van der Waals surface area contributed by atoms with Crippen molar-refractivity contribution in [3.63, 3.8) is 0 Å². The van der Waals surface area contributed by atoms with Crippen LogP contribution in [0.2, 0.25) is 0 Å². The van der Waals surface area contributed by atoms with Crippen molar-refractivity contribution in [3.05, 3.63) is 47.8 Å². The number of benzene rings is 2. The highest BCUT2D eigenvalue weighted by Gasteiger charge is 2.26. The first-order chi connectivity index (χ1) is 16.6. The number of nitrogens with zero attached hydrogens (tertiary/aromatic N) is 3. The van der Waals surface area contributed by atoms with Gasteiger partial charge >= 0.3 is 0 Å². The number of anilines is 2. The fraction of sp³-hybridized carbons (Fsp3) is 0.400. The molecule has 2 heterocycles. The molecule has 0 aliphatic carbocycles. The fourth-order valence-electron chi connectivity index (χ4n) is 4.37. The van der Waals surface area contributed by atoms with Crippen molar-refractivity contribution in [2.75, 3.05) is 23.7 Å². The molecule has 4 rings (SSSR count). The number of carbonyl (C=O) groups excluding carboxylic acids is 2. The van der Waals surface area contributed by atoms with Crippen molar-refractivity contribution in [1.82, 2.24) is 13.9 Å². The van der Waals surface area contributed by atoms with Gasteiger partial charge in [-0.25, -0.2) is 13.4 Å². The summed E-state index contributed by atoms with van der Waals surface area (Å²) in [5.74, 6) is 0.266. The van der Waals surface area contributed by atoms with Crippen molar-refractivity contribution in [1.29, 1.82) is 0 Å². The smallest absolute Gasteiger partial charge is 0.243 e. The van der Waals surface area contributed by atoms with Gasteiger partial charge in [0.25, 0.3) is 0 Å². The van der Waals surface area contributed by atoms with Crippen LogP contribution >= 0.6 is 0 Å². The summed E-state index contributed by atoms with van der Waals surface area (Å²) in [7, 11) is -1.69. The summed E-state index contributed by atoms with van der Waals surface area (Å²) in [4.78, 5) is 29.0. The lowest BCUT2D eigenvalue weighted by Crippen LogP contribution is -2.35. The molecule has 186 valence electrons. The number of aryl methyl sites for hydroxylation is 3. The minimum atomic E-state index is -3.54. The molecule has 2 aromatic carbocycles. The Kier molecular flexibility index (Phi) is 7.23. The molecule has 3 aromatic rings. The third kappa shape index (κ3) is 5.54. The summed E-state index contributed by atoms with van der Waals surface area (Å²) < 4.78 is 29.5. The standard InChI is InChI=1S/C25H31N5O4S/c1-17-7-9-20(26-18(2)31)21(15-17)28-25(32)12-11-24-27-22-16-19(8-10-23(22)29(24)3)35(33,34)30-13-5-4-6-14-30/h7-10,15-16H,4-6,11-14H2,1-3H3,(H,26,31)(H,28,32). The molecule has 1 saturated heterocycles. The van der Waals surface area contributed by atoms with Crippen LogP contribution in [0.25, 0.3) is 11.0 Å². The summed E-state index contributed by atoms with van der Waals surface area (Å²) in [6.45, 7) is 4.42. The molecule has 0 radical (unpaired) electrons. The van der Waals surface area contributed by atoms with Crippen LogP contribution in [-0.4, -0.2) is 47.2 Å². The first kappa shape index (κ1) is 24.9. The quantitative estimate of drug-likeness (QED) is 0.518. The van der Waals surface area contributed by atoms with E-state index in [1.54, 1.807) is 28.6 Å². The van der Waals surface area contributed by atoms with Crippen LogP contribution in [0.3, 0.4) is 0 Å². The molecule has 0 saturated carbocycles. The number of aromatic nitrogens is 2. The van der Waals surface area contributed by atoms with Gasteiger partial charge < -0.3 is 15.2 Å². The van der Waals surface area contributed by atoms with E-state index in [1.165, 1.54) is 6.92 Å². The van der Waals surface area contributed by atoms with Gasteiger partial charge in [0.15, 0.2) is 0 Å². The fourth-order valence-corrected chi connectivity index (χ4v) is 5.90. The van der Waals surface area contributed by atoms with Crippen molar-refractivity contribution in [3.8, 4) is 0 Å². The van der Waals surface area contributed by atoms with Crippen molar-refractivity contribution in [2.24, 2.45) is 7.05 Å². The number of amides is 2. The number of hydrogen-bond donors (Lipinski definition) is 2. The Balaban J connectivity index is 1.48. The topological polar surface area (TPSA) is 113 Å². The largest absolute Gasteiger partial charge is 0.331 e. The van der Waals surface area contributed by atoms with Gasteiger partial charge in [-0.2, -0.15) is 4.31 Å². The average molecular weight is 498 g/mol. The molecule has 0 unspecified atom stereocenters. The van der Waals surface area contributed by atoms with Gasteiger partial charge in [0.2, 0.25) is 21.8 Å². The number of carbonyl (C=O) groups is 2. The Hall–Kier alpha value is -3.24. The summed E-state index contributed by atoms with van der Waals surface area (Å²) in [6, 6.07) is 10.5. The second-order valence-corrected chi connectivity index (χ2v) is 10.9. The Labute approximate surface area is 205 Å². The highest BCUT2D eigenvalue weighted by molar-refractivity contribution is 7.89. The van der Waals surface area contributed by atoms with E-state index in [1.807, 2.05) is 30.7 Å². The molecule has 0 bridgehead atoms. The Morgan fingerprint density at radius 2 is 1.74 bits per heavy atom. The number of piperidine rings is 1. The maximum absolute atomic E-state index is 13.0. The summed E-state index contributed by atoms with van der Waals surface area (Å²) >= 11 is 0. The molecule has 0 spiro atoms. The van der Waals surface area contributed by atoms with Crippen LogP contribution in [0.4, 0.5) is 11.4 Å². The van der Waals surface area contributed by atoms with Crippen LogP contribution in [0, 0.1) is 6.92 Å². The maximum Gasteiger partial charge on any atom is 0.243 e. The predicted octanol–water partition coefficient (Wildman–Crippen LogP) is 3.59. The summed E-state index contributed by atoms with van der Waals surface area (Å²) in [5.41, 5.74) is 3.45. The lowest BCUT2D eigenvalue weighted by Gasteiger charge is -2.25. The second-order valence-electron chi connectivity index (χ2n) is 8.98. The van der Waals surface area contributed by atoms with Gasteiger partial charge in [0.1, 0.15) is 5.82 Å². The van der Waals surface area contributed by atoms with Crippen molar-refractivity contribution < 1.29 is 18.0 Å². The van der Waals surface area contributed by atoms with E-state index in [0.717, 1.165) is 30.3 Å². The van der Waals surface area contributed by atoms with E-state index >= 15 is 0 Å². The van der Waals surface area contributed by atoms with Gasteiger partial charge in [-0.3, -0.25) is 9.59 Å². The van der Waals surface area contributed by atoms with Gasteiger partial charge in [-0.05, 0) is 55.7 Å². The van der Waals surface area contributed by atoms with E-state index in [0.29, 0.717) is 42.2 Å². The molecular formula is C25H31N5O4S. The normalized spacial score (nSPS) is 14.7. The molecule has 35 heavy (non-hydrogen) atoms. The zero-order valence-corrected chi connectivity index (χ0v) is 21.1. The molecule has 1 aromatic heterocycles. The number of rotatable bonds is 7. The SMILES string of the molecule is CC(=O)Nc1ccc(C)cc1NC(=O)CCc1nc2cc(S(=O)(=O)N3CCCCC3)ccc2n1C. The molecule has 1 aliphatic rings. The van der Waals surface area contributed by atoms with Crippen LogP contribution in [0.15, 0.2) is 41.3 Å². The lowest BCUT2D eigenvalue weighted by molar-refractivity contribution is -0.116. The zero-order valence-electron chi connectivity index (χ0n) is 20.3. The summed E-state index contributed by atoms with van der Waals surface area (Å²) in [5, 5.41) is 5.60. The van der Waals surface area contributed by atoms with Gasteiger partial charge in [-0.15, -0.1) is 0 Å². The Morgan fingerprint density at radius 1 is 1.00 bits per heavy atom. The van der Waals surface area contributed by atoms with Crippen LogP contribution < -0.4 is 10.6 Å². The van der Waals surface area contributed by atoms with E-state index in [4.69, 9.17) is 0 Å². The average Bonchev–Trinajstić information content (AvgIpc) is 3.14. The molecule has 1 aliphatic heterocycles. The molecule has 1 fully saturated rings. The van der Waals surface area contributed by atoms with Crippen molar-refractivity contribution in [2.45, 2.75) is 50.8 Å². The molecule has 2 amide bonds. The van der Waals surface area contributed by atoms with E-state index in [9.17, 15) is 18.0 Å². The van der Waals surface area contributed by atoms with Crippen LogP contribution in [0.1, 0.15) is 44.0 Å². The number of sulfonamides is 1. The number of hydrogen-bond acceptors (Lipinski definition) is 5. The number of fused-ring (bicyclic) bond motifs is 1. The third-order valence-corrected chi connectivity index (χ3v) is 8.13. The Bertz CT molecular complexity index is 1370. The summed E-state index contributed by atoms with van der Waals surface area (Å²) in [6.07, 6.45) is 3.38. The van der Waals surface area contributed by atoms with Gasteiger partial charge in [0.05, 0.1) is 27.3 Å². The monoisotopic (exact) mass is 497 g/mol. The maximum atomic E-state index is 13.0. The third-order valence-electron chi connectivity index (χ3n) is 6.23. The van der Waals surface area contributed by atoms with Crippen molar-refractivity contribution >= 4 is 44.2 Å². The van der Waals surface area contributed by atoms with Crippen LogP contribution in [-0.2, 0) is 33.1 Å². The zero-order chi connectivity index (χ0) is 25.2. The minimum absolute atomic E-state index is 0.184. The molecule has 0 atom stereocenters. The van der Waals surface area contributed by atoms with Gasteiger partial charge in [-0.1, -0.05) is 12.5 Å². The van der Waals surface area contributed by atoms with E-state index < -0.39 is 10.0 Å². The molecule has 2 N–H and O–H groups in total. The number of nitrogens with one attached hydrogen (secondary N) is 2. The highest BCUT2D eigenvalue weighted by atomic mass is 32.2. The van der Waals surface area contributed by atoms with E-state index in [2.05, 4.69) is 15.6 Å². The molecule has 9 nitrogen and oxygen atoms in total. The van der Waals surface area contributed by atoms with Crippen LogP contribution in [0.5, 0.6) is 0 Å². The molecular weight excluding hydrogens is 466 g/mol. The molecule has 10 heteroatoms. The predicted molar refractivity (Wildman–Crippen MR) is 136 cm³/mol. The highest BCUT2D eigenvalue weighted by Crippen LogP contribution is 2.26. The minimum Gasteiger partial charge on any atom is -0.331 e. The second kappa shape index (κ2) is 10.2. The van der Waals surface area contributed by atoms with Gasteiger partial charge in [0, 0.05) is 39.9 Å². The first-order valence-corrected chi connectivity index (χ1v) is 13.2. The number of imidazole rings is 1.